The molecule has 1 aromatic heterocycles. The van der Waals surface area contributed by atoms with Gasteiger partial charge in [0.15, 0.2) is 5.78 Å². The highest BCUT2D eigenvalue weighted by Crippen LogP contribution is 2.21. The lowest BCUT2D eigenvalue weighted by Gasteiger charge is -2.15. The van der Waals surface area contributed by atoms with Crippen molar-refractivity contribution in [3.05, 3.63) is 47.3 Å². The molecule has 0 aliphatic heterocycles. The number of rotatable bonds is 6. The molecule has 0 spiro atoms. The Labute approximate surface area is 119 Å². The van der Waals surface area contributed by atoms with Crippen molar-refractivity contribution in [2.24, 2.45) is 0 Å². The van der Waals surface area contributed by atoms with Crippen LogP contribution in [0.25, 0.3) is 0 Å². The molecule has 1 heterocycles. The summed E-state index contributed by atoms with van der Waals surface area (Å²) < 4.78 is 0. The van der Waals surface area contributed by atoms with E-state index in [0.717, 1.165) is 28.9 Å². The highest BCUT2D eigenvalue weighted by Gasteiger charge is 2.10. The van der Waals surface area contributed by atoms with E-state index in [1.165, 1.54) is 0 Å². The molecule has 1 atom stereocenters. The zero-order chi connectivity index (χ0) is 14.5. The number of nitrogens with zero attached hydrogens (tertiary/aromatic N) is 1. The lowest BCUT2D eigenvalue weighted by molar-refractivity contribution is 0.0982. The third-order valence-electron chi connectivity index (χ3n) is 3.40. The van der Waals surface area contributed by atoms with Gasteiger partial charge in [0.2, 0.25) is 0 Å². The van der Waals surface area contributed by atoms with E-state index in [0.29, 0.717) is 6.42 Å². The SMILES string of the molecule is CCCC(=O)c1ccc(NC(C)c2c[nH]nc2C)cc1. The van der Waals surface area contributed by atoms with Gasteiger partial charge < -0.3 is 5.32 Å². The molecule has 0 aliphatic rings. The molecule has 20 heavy (non-hydrogen) atoms. The van der Waals surface area contributed by atoms with Crippen LogP contribution in [0.15, 0.2) is 30.5 Å². The van der Waals surface area contributed by atoms with Crippen LogP contribution >= 0.6 is 0 Å². The summed E-state index contributed by atoms with van der Waals surface area (Å²) in [6.07, 6.45) is 3.40. The molecule has 1 aromatic carbocycles. The molecule has 4 nitrogen and oxygen atoms in total. The average Bonchev–Trinajstić information content (AvgIpc) is 2.86. The van der Waals surface area contributed by atoms with Crippen LogP contribution in [0.2, 0.25) is 0 Å². The minimum Gasteiger partial charge on any atom is -0.378 e. The molecule has 106 valence electrons. The van der Waals surface area contributed by atoms with E-state index >= 15 is 0 Å². The lowest BCUT2D eigenvalue weighted by atomic mass is 10.1. The maximum absolute atomic E-state index is 11.8. The van der Waals surface area contributed by atoms with E-state index in [1.54, 1.807) is 0 Å². The molecule has 2 rings (SSSR count). The molecule has 2 N–H and O–H groups in total. The predicted molar refractivity (Wildman–Crippen MR) is 81.0 cm³/mol. The molecule has 0 saturated heterocycles. The largest absolute Gasteiger partial charge is 0.378 e. The van der Waals surface area contributed by atoms with Gasteiger partial charge in [0, 0.05) is 29.4 Å². The van der Waals surface area contributed by atoms with Gasteiger partial charge in [0.1, 0.15) is 0 Å². The molecular formula is C16H21N3O. The van der Waals surface area contributed by atoms with Crippen LogP contribution in [0.1, 0.15) is 54.3 Å². The van der Waals surface area contributed by atoms with Crippen molar-refractivity contribution in [2.45, 2.75) is 39.7 Å². The van der Waals surface area contributed by atoms with E-state index < -0.39 is 0 Å². The number of H-pyrrole nitrogens is 1. The van der Waals surface area contributed by atoms with E-state index in [9.17, 15) is 4.79 Å². The Morgan fingerprint density at radius 3 is 2.60 bits per heavy atom. The Bertz CT molecular complexity index is 572. The minimum absolute atomic E-state index is 0.172. The number of hydrogen-bond acceptors (Lipinski definition) is 3. The maximum atomic E-state index is 11.8. The highest BCUT2D eigenvalue weighted by atomic mass is 16.1. The predicted octanol–water partition coefficient (Wildman–Crippen LogP) is 3.87. The monoisotopic (exact) mass is 271 g/mol. The van der Waals surface area contributed by atoms with Crippen LogP contribution in [0, 0.1) is 6.92 Å². The first-order chi connectivity index (χ1) is 9.61. The summed E-state index contributed by atoms with van der Waals surface area (Å²) >= 11 is 0. The number of anilines is 1. The Morgan fingerprint density at radius 1 is 1.35 bits per heavy atom. The zero-order valence-corrected chi connectivity index (χ0v) is 12.2. The summed E-state index contributed by atoms with van der Waals surface area (Å²) in [5, 5.41) is 10.4. The number of carbonyl (C=O) groups excluding carboxylic acids is 1. The van der Waals surface area contributed by atoms with Crippen molar-refractivity contribution in [1.82, 2.24) is 10.2 Å². The van der Waals surface area contributed by atoms with Crippen LogP contribution in [0.4, 0.5) is 5.69 Å². The van der Waals surface area contributed by atoms with Crippen molar-refractivity contribution >= 4 is 11.5 Å². The van der Waals surface area contributed by atoms with Crippen molar-refractivity contribution in [1.29, 1.82) is 0 Å². The van der Waals surface area contributed by atoms with E-state index in [4.69, 9.17) is 0 Å². The number of nitrogens with one attached hydrogen (secondary N) is 2. The second kappa shape index (κ2) is 6.37. The minimum atomic E-state index is 0.172. The Kier molecular flexibility index (Phi) is 4.56. The smallest absolute Gasteiger partial charge is 0.162 e. The Balaban J connectivity index is 2.04. The van der Waals surface area contributed by atoms with Gasteiger partial charge in [-0.25, -0.2) is 0 Å². The molecule has 0 radical (unpaired) electrons. The molecule has 0 amide bonds. The van der Waals surface area contributed by atoms with Crippen LogP contribution < -0.4 is 5.32 Å². The molecule has 0 aliphatic carbocycles. The third kappa shape index (κ3) is 3.26. The van der Waals surface area contributed by atoms with Gasteiger partial charge in [-0.3, -0.25) is 9.89 Å². The number of hydrogen-bond donors (Lipinski definition) is 2. The summed E-state index contributed by atoms with van der Waals surface area (Å²) in [5.41, 5.74) is 3.94. The fraction of sp³-hybridized carbons (Fsp3) is 0.375. The summed E-state index contributed by atoms with van der Waals surface area (Å²) in [6.45, 7) is 6.09. The van der Waals surface area contributed by atoms with E-state index in [1.807, 2.05) is 44.3 Å². The van der Waals surface area contributed by atoms with Gasteiger partial charge in [0.25, 0.3) is 0 Å². The van der Waals surface area contributed by atoms with Crippen molar-refractivity contribution < 1.29 is 4.79 Å². The highest BCUT2D eigenvalue weighted by molar-refractivity contribution is 5.96. The Morgan fingerprint density at radius 2 is 2.05 bits per heavy atom. The van der Waals surface area contributed by atoms with E-state index in [-0.39, 0.29) is 11.8 Å². The molecule has 0 saturated carbocycles. The molecule has 2 aromatic rings. The van der Waals surface area contributed by atoms with Crippen molar-refractivity contribution in [2.75, 3.05) is 5.32 Å². The maximum Gasteiger partial charge on any atom is 0.162 e. The number of Topliss-reactive ketones (excluding diaryl/α,β-unsaturated/α-hetero) is 1. The second-order valence-electron chi connectivity index (χ2n) is 5.04. The van der Waals surface area contributed by atoms with Gasteiger partial charge in [-0.2, -0.15) is 5.10 Å². The molecular weight excluding hydrogens is 250 g/mol. The average molecular weight is 271 g/mol. The fourth-order valence-electron chi connectivity index (χ4n) is 2.26. The number of aromatic nitrogens is 2. The molecule has 4 heteroatoms. The quantitative estimate of drug-likeness (QED) is 0.784. The van der Waals surface area contributed by atoms with Crippen LogP contribution in [-0.2, 0) is 0 Å². The Hall–Kier alpha value is -2.10. The van der Waals surface area contributed by atoms with Crippen LogP contribution in [0.5, 0.6) is 0 Å². The van der Waals surface area contributed by atoms with Crippen molar-refractivity contribution in [3.8, 4) is 0 Å². The zero-order valence-electron chi connectivity index (χ0n) is 12.2. The summed E-state index contributed by atoms with van der Waals surface area (Å²) in [4.78, 5) is 11.8. The van der Waals surface area contributed by atoms with Crippen molar-refractivity contribution in [3.63, 3.8) is 0 Å². The topological polar surface area (TPSA) is 57.8 Å². The number of aromatic amines is 1. The standard InChI is InChI=1S/C16H21N3O/c1-4-5-16(20)13-6-8-14(9-7-13)18-11(2)15-10-17-19-12(15)3/h6-11,18H,4-5H2,1-3H3,(H,17,19). The fourth-order valence-corrected chi connectivity index (χ4v) is 2.26. The molecule has 0 bridgehead atoms. The van der Waals surface area contributed by atoms with Crippen LogP contribution in [-0.4, -0.2) is 16.0 Å². The van der Waals surface area contributed by atoms with E-state index in [2.05, 4.69) is 22.4 Å². The second-order valence-corrected chi connectivity index (χ2v) is 5.04. The van der Waals surface area contributed by atoms with Gasteiger partial charge >= 0.3 is 0 Å². The van der Waals surface area contributed by atoms with Gasteiger partial charge in [-0.1, -0.05) is 6.92 Å². The lowest BCUT2D eigenvalue weighted by Crippen LogP contribution is -2.07. The van der Waals surface area contributed by atoms with Gasteiger partial charge in [-0.15, -0.1) is 0 Å². The number of aryl methyl sites for hydroxylation is 1. The number of benzene rings is 1. The molecule has 1 unspecified atom stereocenters. The normalized spacial score (nSPS) is 12.2. The van der Waals surface area contributed by atoms with Gasteiger partial charge in [-0.05, 0) is 44.5 Å². The van der Waals surface area contributed by atoms with Crippen LogP contribution in [0.3, 0.4) is 0 Å². The van der Waals surface area contributed by atoms with Gasteiger partial charge in [0.05, 0.1) is 11.7 Å². The summed E-state index contributed by atoms with van der Waals surface area (Å²) in [7, 11) is 0. The summed E-state index contributed by atoms with van der Waals surface area (Å²) in [5.74, 6) is 0.206. The number of carbonyl (C=O) groups is 1. The first kappa shape index (κ1) is 14.3. The first-order valence-corrected chi connectivity index (χ1v) is 7.02. The summed E-state index contributed by atoms with van der Waals surface area (Å²) in [6, 6.07) is 7.85. The number of ketones is 1. The molecule has 0 fully saturated rings. The first-order valence-electron chi connectivity index (χ1n) is 7.02. The third-order valence-corrected chi connectivity index (χ3v) is 3.40.